The van der Waals surface area contributed by atoms with Crippen molar-refractivity contribution in [1.82, 2.24) is 10.0 Å². The van der Waals surface area contributed by atoms with Crippen LogP contribution in [0.1, 0.15) is 17.5 Å². The Hall–Kier alpha value is -1.40. The SMILES string of the molecule is CNC(=O)CCNS(=O)(=O)c1ccc(C)cc1C. The molecule has 18 heavy (non-hydrogen) atoms. The zero-order valence-corrected chi connectivity index (χ0v) is 11.6. The van der Waals surface area contributed by atoms with Crippen LogP contribution in [-0.2, 0) is 14.8 Å². The van der Waals surface area contributed by atoms with Gasteiger partial charge in [0.2, 0.25) is 15.9 Å². The number of carbonyl (C=O) groups excluding carboxylic acids is 1. The van der Waals surface area contributed by atoms with Crippen LogP contribution in [0.2, 0.25) is 0 Å². The molecule has 100 valence electrons. The number of nitrogens with one attached hydrogen (secondary N) is 2. The van der Waals surface area contributed by atoms with E-state index >= 15 is 0 Å². The summed E-state index contributed by atoms with van der Waals surface area (Å²) in [6, 6.07) is 5.14. The lowest BCUT2D eigenvalue weighted by atomic mass is 10.2. The maximum atomic E-state index is 12.0. The zero-order valence-electron chi connectivity index (χ0n) is 10.8. The van der Waals surface area contributed by atoms with Crippen LogP contribution in [0.3, 0.4) is 0 Å². The monoisotopic (exact) mass is 270 g/mol. The van der Waals surface area contributed by atoms with Crippen molar-refractivity contribution >= 4 is 15.9 Å². The molecule has 0 bridgehead atoms. The highest BCUT2D eigenvalue weighted by Gasteiger charge is 2.16. The number of hydrogen-bond acceptors (Lipinski definition) is 3. The van der Waals surface area contributed by atoms with Crippen LogP contribution in [-0.4, -0.2) is 27.9 Å². The number of sulfonamides is 1. The summed E-state index contributed by atoms with van der Waals surface area (Å²) in [5.41, 5.74) is 1.71. The number of benzene rings is 1. The molecular weight excluding hydrogens is 252 g/mol. The minimum absolute atomic E-state index is 0.0926. The summed E-state index contributed by atoms with van der Waals surface area (Å²) in [4.78, 5) is 11.3. The Morgan fingerprint density at radius 2 is 1.94 bits per heavy atom. The number of carbonyl (C=O) groups is 1. The van der Waals surface area contributed by atoms with Crippen molar-refractivity contribution in [3.05, 3.63) is 29.3 Å². The summed E-state index contributed by atoms with van der Waals surface area (Å²) < 4.78 is 26.4. The van der Waals surface area contributed by atoms with E-state index in [1.165, 1.54) is 7.05 Å². The first-order chi connectivity index (χ1) is 8.36. The smallest absolute Gasteiger partial charge is 0.240 e. The van der Waals surface area contributed by atoms with Gasteiger partial charge in [0.25, 0.3) is 0 Å². The van der Waals surface area contributed by atoms with E-state index in [1.54, 1.807) is 19.1 Å². The van der Waals surface area contributed by atoms with Crippen LogP contribution in [0, 0.1) is 13.8 Å². The van der Waals surface area contributed by atoms with Crippen molar-refractivity contribution in [2.75, 3.05) is 13.6 Å². The molecule has 0 aliphatic heterocycles. The van der Waals surface area contributed by atoms with Gasteiger partial charge in [-0.25, -0.2) is 13.1 Å². The first-order valence-corrected chi connectivity index (χ1v) is 7.12. The van der Waals surface area contributed by atoms with Gasteiger partial charge in [-0.2, -0.15) is 0 Å². The fraction of sp³-hybridized carbons (Fsp3) is 0.417. The van der Waals surface area contributed by atoms with E-state index in [-0.39, 0.29) is 23.8 Å². The summed E-state index contributed by atoms with van der Waals surface area (Å²) in [5, 5.41) is 2.44. The fourth-order valence-corrected chi connectivity index (χ4v) is 2.86. The van der Waals surface area contributed by atoms with Gasteiger partial charge in [-0.1, -0.05) is 17.7 Å². The molecule has 2 N–H and O–H groups in total. The topological polar surface area (TPSA) is 75.3 Å². The molecule has 0 heterocycles. The second kappa shape index (κ2) is 5.97. The van der Waals surface area contributed by atoms with Crippen molar-refractivity contribution in [2.24, 2.45) is 0 Å². The third-order valence-electron chi connectivity index (χ3n) is 2.54. The molecule has 1 amide bonds. The highest BCUT2D eigenvalue weighted by atomic mass is 32.2. The highest BCUT2D eigenvalue weighted by molar-refractivity contribution is 7.89. The molecule has 0 saturated heterocycles. The van der Waals surface area contributed by atoms with Gasteiger partial charge in [-0.3, -0.25) is 4.79 Å². The molecule has 5 nitrogen and oxygen atoms in total. The molecule has 1 aromatic rings. The Labute approximate surface area is 108 Å². The lowest BCUT2D eigenvalue weighted by molar-refractivity contribution is -0.120. The minimum atomic E-state index is -3.54. The lowest BCUT2D eigenvalue weighted by Gasteiger charge is -2.09. The molecule has 1 rings (SSSR count). The van der Waals surface area contributed by atoms with Crippen LogP contribution in [0.15, 0.2) is 23.1 Å². The number of hydrogen-bond donors (Lipinski definition) is 2. The molecule has 1 aromatic carbocycles. The van der Waals surface area contributed by atoms with Crippen molar-refractivity contribution in [2.45, 2.75) is 25.2 Å². The summed E-state index contributed by atoms with van der Waals surface area (Å²) >= 11 is 0. The van der Waals surface area contributed by atoms with Gasteiger partial charge < -0.3 is 5.32 Å². The average Bonchev–Trinajstić information content (AvgIpc) is 2.27. The molecule has 0 spiro atoms. The first kappa shape index (κ1) is 14.7. The zero-order chi connectivity index (χ0) is 13.8. The Bertz CT molecular complexity index is 538. The summed E-state index contributed by atoms with van der Waals surface area (Å²) in [7, 11) is -2.03. The second-order valence-corrected chi connectivity index (χ2v) is 5.83. The molecule has 0 unspecified atom stereocenters. The van der Waals surface area contributed by atoms with E-state index in [1.807, 2.05) is 13.0 Å². The van der Waals surface area contributed by atoms with E-state index in [0.717, 1.165) is 5.56 Å². The molecule has 6 heteroatoms. The number of amides is 1. The summed E-state index contributed by atoms with van der Waals surface area (Å²) in [6.07, 6.45) is 0.126. The Morgan fingerprint density at radius 1 is 1.28 bits per heavy atom. The van der Waals surface area contributed by atoms with E-state index in [2.05, 4.69) is 10.0 Å². The maximum absolute atomic E-state index is 12.0. The van der Waals surface area contributed by atoms with E-state index < -0.39 is 10.0 Å². The Balaban J connectivity index is 2.77. The predicted molar refractivity (Wildman–Crippen MR) is 69.8 cm³/mol. The van der Waals surface area contributed by atoms with Gasteiger partial charge in [-0.05, 0) is 25.5 Å². The van der Waals surface area contributed by atoms with Gasteiger partial charge in [0.15, 0.2) is 0 Å². The molecule has 0 atom stereocenters. The summed E-state index contributed by atoms with van der Waals surface area (Å²) in [6.45, 7) is 3.75. The number of aryl methyl sites for hydroxylation is 2. The highest BCUT2D eigenvalue weighted by Crippen LogP contribution is 2.15. The minimum Gasteiger partial charge on any atom is -0.359 e. The summed E-state index contributed by atoms with van der Waals surface area (Å²) in [5.74, 6) is -0.196. The average molecular weight is 270 g/mol. The van der Waals surface area contributed by atoms with Gasteiger partial charge in [0.1, 0.15) is 0 Å². The first-order valence-electron chi connectivity index (χ1n) is 5.64. The molecule has 0 saturated carbocycles. The standard InChI is InChI=1S/C12H18N2O3S/c1-9-4-5-11(10(2)8-9)18(16,17)14-7-6-12(15)13-3/h4-5,8,14H,6-7H2,1-3H3,(H,13,15). The molecule has 0 fully saturated rings. The van der Waals surface area contributed by atoms with Crippen molar-refractivity contribution < 1.29 is 13.2 Å². The van der Waals surface area contributed by atoms with E-state index in [0.29, 0.717) is 5.56 Å². The van der Waals surface area contributed by atoms with Gasteiger partial charge in [0, 0.05) is 20.0 Å². The second-order valence-electron chi connectivity index (χ2n) is 4.09. The van der Waals surface area contributed by atoms with Crippen LogP contribution in [0.4, 0.5) is 0 Å². The van der Waals surface area contributed by atoms with Crippen LogP contribution < -0.4 is 10.0 Å². The molecule has 0 aliphatic carbocycles. The predicted octanol–water partition coefficient (Wildman–Crippen LogP) is 0.718. The number of rotatable bonds is 5. The normalized spacial score (nSPS) is 11.3. The Morgan fingerprint density at radius 3 is 2.50 bits per heavy atom. The molecule has 0 aromatic heterocycles. The van der Waals surface area contributed by atoms with Gasteiger partial charge >= 0.3 is 0 Å². The quantitative estimate of drug-likeness (QED) is 0.827. The van der Waals surface area contributed by atoms with E-state index in [4.69, 9.17) is 0 Å². The molecular formula is C12H18N2O3S. The molecule has 0 aliphatic rings. The van der Waals surface area contributed by atoms with Crippen LogP contribution >= 0.6 is 0 Å². The van der Waals surface area contributed by atoms with Gasteiger partial charge in [-0.15, -0.1) is 0 Å². The van der Waals surface area contributed by atoms with Crippen molar-refractivity contribution in [3.8, 4) is 0 Å². The van der Waals surface area contributed by atoms with E-state index in [9.17, 15) is 13.2 Å². The largest absolute Gasteiger partial charge is 0.359 e. The third kappa shape index (κ3) is 3.82. The third-order valence-corrected chi connectivity index (χ3v) is 4.16. The van der Waals surface area contributed by atoms with Crippen LogP contribution in [0.5, 0.6) is 0 Å². The van der Waals surface area contributed by atoms with Gasteiger partial charge in [0.05, 0.1) is 4.90 Å². The van der Waals surface area contributed by atoms with Crippen LogP contribution in [0.25, 0.3) is 0 Å². The van der Waals surface area contributed by atoms with Crippen molar-refractivity contribution in [3.63, 3.8) is 0 Å². The maximum Gasteiger partial charge on any atom is 0.240 e. The lowest BCUT2D eigenvalue weighted by Crippen LogP contribution is -2.29. The van der Waals surface area contributed by atoms with Crippen molar-refractivity contribution in [1.29, 1.82) is 0 Å². The fourth-order valence-electron chi connectivity index (χ4n) is 1.60. The Kier molecular flexibility index (Phi) is 4.86. The molecule has 0 radical (unpaired) electrons.